The van der Waals surface area contributed by atoms with Crippen molar-refractivity contribution in [1.82, 2.24) is 4.90 Å². The number of nitrogens with zero attached hydrogens (tertiary/aromatic N) is 1. The van der Waals surface area contributed by atoms with Gasteiger partial charge in [-0.1, -0.05) is 24.3 Å². The van der Waals surface area contributed by atoms with Crippen LogP contribution in [0.25, 0.3) is 0 Å². The van der Waals surface area contributed by atoms with Gasteiger partial charge in [0.15, 0.2) is 0 Å². The first-order chi connectivity index (χ1) is 11.2. The lowest BCUT2D eigenvalue weighted by Gasteiger charge is -2.37. The lowest BCUT2D eigenvalue weighted by atomic mass is 10.0. The number of benzene rings is 1. The van der Waals surface area contributed by atoms with E-state index >= 15 is 0 Å². The maximum Gasteiger partial charge on any atom is 0.410 e. The second-order valence-corrected chi connectivity index (χ2v) is 8.77. The fourth-order valence-corrected chi connectivity index (χ4v) is 3.92. The summed E-state index contributed by atoms with van der Waals surface area (Å²) in [6, 6.07) is 7.35. The van der Waals surface area contributed by atoms with E-state index in [9.17, 15) is 9.00 Å². The summed E-state index contributed by atoms with van der Waals surface area (Å²) in [5.41, 5.74) is 0.575. The Kier molecular flexibility index (Phi) is 5.86. The van der Waals surface area contributed by atoms with Crippen LogP contribution in [-0.4, -0.2) is 33.4 Å². The van der Waals surface area contributed by atoms with Crippen LogP contribution in [-0.2, 0) is 15.5 Å². The van der Waals surface area contributed by atoms with E-state index in [0.29, 0.717) is 11.4 Å². The van der Waals surface area contributed by atoms with Gasteiger partial charge in [0, 0.05) is 16.3 Å². The van der Waals surface area contributed by atoms with E-state index in [1.165, 1.54) is 0 Å². The highest BCUT2D eigenvalue weighted by Gasteiger charge is 2.34. The van der Waals surface area contributed by atoms with Crippen LogP contribution in [0.1, 0.15) is 45.6 Å². The predicted molar refractivity (Wildman–Crippen MR) is 97.3 cm³/mol. The second-order valence-electron chi connectivity index (χ2n) is 7.23. The van der Waals surface area contributed by atoms with Crippen molar-refractivity contribution >= 4 is 16.9 Å². The van der Waals surface area contributed by atoms with Crippen LogP contribution in [0.2, 0.25) is 0 Å². The first-order valence-corrected chi connectivity index (χ1v) is 9.51. The Hall–Kier alpha value is -1.62. The number of hydrogen-bond acceptors (Lipinski definition) is 3. The Morgan fingerprint density at radius 2 is 1.88 bits per heavy atom. The number of carbonyl (C=O) groups is 1. The van der Waals surface area contributed by atoms with Gasteiger partial charge < -0.3 is 9.64 Å². The summed E-state index contributed by atoms with van der Waals surface area (Å²) in [4.78, 5) is 15.5. The smallest absolute Gasteiger partial charge is 0.410 e. The molecule has 1 fully saturated rings. The highest BCUT2D eigenvalue weighted by Crippen LogP contribution is 2.28. The summed E-state index contributed by atoms with van der Waals surface area (Å²) < 4.78 is 18.3. The van der Waals surface area contributed by atoms with Gasteiger partial charge in [-0.3, -0.25) is 0 Å². The highest BCUT2D eigenvalue weighted by molar-refractivity contribution is 7.89. The summed E-state index contributed by atoms with van der Waals surface area (Å²) in [5.74, 6) is 0. The molecule has 132 valence electrons. The minimum absolute atomic E-state index is 0.240. The quantitative estimate of drug-likeness (QED) is 0.812. The molecule has 24 heavy (non-hydrogen) atoms. The summed E-state index contributed by atoms with van der Waals surface area (Å²) in [5, 5.41) is 0. The van der Waals surface area contributed by atoms with Gasteiger partial charge >= 0.3 is 6.09 Å². The predicted octanol–water partition coefficient (Wildman–Crippen LogP) is 4.41. The van der Waals surface area contributed by atoms with Gasteiger partial charge in [0.25, 0.3) is 0 Å². The van der Waals surface area contributed by atoms with Crippen molar-refractivity contribution in [3.63, 3.8) is 0 Å². The zero-order valence-corrected chi connectivity index (χ0v) is 15.8. The van der Waals surface area contributed by atoms with Crippen molar-refractivity contribution in [3.05, 3.63) is 41.3 Å². The van der Waals surface area contributed by atoms with E-state index in [1.807, 2.05) is 52.0 Å². The monoisotopic (exact) mass is 349 g/mol. The normalized spacial score (nSPS) is 19.7. The van der Waals surface area contributed by atoms with Crippen molar-refractivity contribution in [1.29, 1.82) is 0 Å². The van der Waals surface area contributed by atoms with Crippen LogP contribution in [0.5, 0.6) is 0 Å². The summed E-state index contributed by atoms with van der Waals surface area (Å²) in [6.07, 6.45) is 2.35. The number of piperidine rings is 1. The molecule has 1 saturated heterocycles. The largest absolute Gasteiger partial charge is 0.444 e. The number of likely N-dealkylation sites (tertiary alicyclic amines) is 1. The van der Waals surface area contributed by atoms with E-state index in [0.717, 1.165) is 29.7 Å². The standard InChI is InChI=1S/C19H27NO3S/c1-14-9-11-16(12-10-14)24(22)15(2)17-8-6-7-13-20(17)18(21)23-19(3,4)5/h9-12,17H,2,6-8,13H2,1,3-5H3/t17-,24?/m1/s1. The summed E-state index contributed by atoms with van der Waals surface area (Å²) in [6.45, 7) is 12.2. The molecule has 1 heterocycles. The minimum Gasteiger partial charge on any atom is -0.444 e. The number of aryl methyl sites for hydroxylation is 1. The van der Waals surface area contributed by atoms with E-state index in [4.69, 9.17) is 4.74 Å². The molecule has 0 spiro atoms. The molecule has 0 saturated carbocycles. The van der Waals surface area contributed by atoms with Gasteiger partial charge in [-0.05, 0) is 59.1 Å². The van der Waals surface area contributed by atoms with Crippen LogP contribution in [0, 0.1) is 6.92 Å². The highest BCUT2D eigenvalue weighted by atomic mass is 32.2. The lowest BCUT2D eigenvalue weighted by Crippen LogP contribution is -2.47. The van der Waals surface area contributed by atoms with Crippen molar-refractivity contribution in [2.45, 2.75) is 63.5 Å². The third-order valence-corrected chi connectivity index (χ3v) is 5.42. The lowest BCUT2D eigenvalue weighted by molar-refractivity contribution is 0.0146. The van der Waals surface area contributed by atoms with E-state index in [-0.39, 0.29) is 12.1 Å². The summed E-state index contributed by atoms with van der Waals surface area (Å²) in [7, 11) is -1.34. The third-order valence-electron chi connectivity index (χ3n) is 3.98. The van der Waals surface area contributed by atoms with Crippen LogP contribution < -0.4 is 0 Å². The van der Waals surface area contributed by atoms with Gasteiger partial charge in [0.1, 0.15) is 5.60 Å². The molecule has 2 atom stereocenters. The first kappa shape index (κ1) is 18.7. The Morgan fingerprint density at radius 3 is 2.46 bits per heavy atom. The van der Waals surface area contributed by atoms with Crippen LogP contribution >= 0.6 is 0 Å². The Labute approximate surface area is 147 Å². The fraction of sp³-hybridized carbons (Fsp3) is 0.526. The molecule has 1 unspecified atom stereocenters. The Morgan fingerprint density at radius 1 is 1.25 bits per heavy atom. The topological polar surface area (TPSA) is 46.6 Å². The molecule has 2 rings (SSSR count). The maximum atomic E-state index is 12.8. The first-order valence-electron chi connectivity index (χ1n) is 8.36. The molecule has 1 aliphatic rings. The van der Waals surface area contributed by atoms with Gasteiger partial charge in [-0.2, -0.15) is 0 Å². The minimum atomic E-state index is -1.34. The van der Waals surface area contributed by atoms with Gasteiger partial charge in [0.2, 0.25) is 0 Å². The van der Waals surface area contributed by atoms with Crippen molar-refractivity contribution in [2.24, 2.45) is 0 Å². The van der Waals surface area contributed by atoms with Gasteiger partial charge in [-0.15, -0.1) is 0 Å². The zero-order chi connectivity index (χ0) is 17.9. The SMILES string of the molecule is C=C([C@H]1CCCCN1C(=O)OC(C)(C)C)S(=O)c1ccc(C)cc1. The van der Waals surface area contributed by atoms with Crippen molar-refractivity contribution in [2.75, 3.05) is 6.54 Å². The molecule has 0 aliphatic carbocycles. The molecule has 0 aromatic heterocycles. The van der Waals surface area contributed by atoms with Crippen molar-refractivity contribution in [3.8, 4) is 0 Å². The molecule has 0 bridgehead atoms. The Balaban J connectivity index is 2.17. The fourth-order valence-electron chi connectivity index (χ4n) is 2.74. The van der Waals surface area contributed by atoms with Crippen LogP contribution in [0.15, 0.2) is 40.6 Å². The number of amides is 1. The van der Waals surface area contributed by atoms with Crippen LogP contribution in [0.4, 0.5) is 4.79 Å². The molecular formula is C19H27NO3S. The number of rotatable bonds is 3. The molecule has 0 N–H and O–H groups in total. The van der Waals surface area contributed by atoms with E-state index in [2.05, 4.69) is 6.58 Å². The van der Waals surface area contributed by atoms with Gasteiger partial charge in [0.05, 0.1) is 16.8 Å². The van der Waals surface area contributed by atoms with E-state index in [1.54, 1.807) is 4.90 Å². The third kappa shape index (κ3) is 4.69. The average Bonchev–Trinajstić information content (AvgIpc) is 2.52. The molecule has 4 nitrogen and oxygen atoms in total. The maximum absolute atomic E-state index is 12.8. The van der Waals surface area contributed by atoms with E-state index < -0.39 is 16.4 Å². The summed E-state index contributed by atoms with van der Waals surface area (Å²) >= 11 is 0. The molecule has 1 aliphatic heterocycles. The number of hydrogen-bond donors (Lipinski definition) is 0. The Bertz CT molecular complexity index is 631. The van der Waals surface area contributed by atoms with Crippen molar-refractivity contribution < 1.29 is 13.7 Å². The second kappa shape index (κ2) is 7.51. The number of ether oxygens (including phenoxy) is 1. The molecule has 1 aromatic rings. The molecular weight excluding hydrogens is 322 g/mol. The number of carbonyl (C=O) groups excluding carboxylic acids is 1. The van der Waals surface area contributed by atoms with Gasteiger partial charge in [-0.25, -0.2) is 9.00 Å². The molecule has 1 aromatic carbocycles. The average molecular weight is 349 g/mol. The molecule has 5 heteroatoms. The zero-order valence-electron chi connectivity index (χ0n) is 15.0. The van der Waals surface area contributed by atoms with Crippen LogP contribution in [0.3, 0.4) is 0 Å². The molecule has 0 radical (unpaired) electrons. The molecule has 1 amide bonds.